The average Bonchev–Trinajstić information content (AvgIpc) is 2.18. The monoisotopic (exact) mass is 192 g/mol. The Balaban J connectivity index is 2.70. The highest BCUT2D eigenvalue weighted by atomic mass is 16.5. The fraction of sp³-hybridized carbons (Fsp3) is 0.182. The molecule has 0 saturated heterocycles. The Morgan fingerprint density at radius 3 is 2.57 bits per heavy atom. The SMILES string of the molecule is C=CC(C)OC(=O)c1ccc(O)cc1. The molecule has 74 valence electrons. The van der Waals surface area contributed by atoms with Crippen molar-refractivity contribution in [1.82, 2.24) is 0 Å². The maximum absolute atomic E-state index is 11.4. The summed E-state index contributed by atoms with van der Waals surface area (Å²) in [6.07, 6.45) is 1.23. The Labute approximate surface area is 82.6 Å². The summed E-state index contributed by atoms with van der Waals surface area (Å²) in [6.45, 7) is 5.23. The molecule has 1 aromatic carbocycles. The number of esters is 1. The standard InChI is InChI=1S/C11H12O3/c1-3-8(2)14-11(13)9-4-6-10(12)7-5-9/h3-8,12H,1H2,2H3. The van der Waals surface area contributed by atoms with E-state index in [4.69, 9.17) is 9.84 Å². The summed E-state index contributed by atoms with van der Waals surface area (Å²) >= 11 is 0. The van der Waals surface area contributed by atoms with Crippen LogP contribution in [-0.2, 0) is 4.74 Å². The molecule has 0 aliphatic carbocycles. The lowest BCUT2D eigenvalue weighted by Gasteiger charge is -2.08. The van der Waals surface area contributed by atoms with Crippen LogP contribution in [0.25, 0.3) is 0 Å². The maximum atomic E-state index is 11.4. The largest absolute Gasteiger partial charge is 0.508 e. The van der Waals surface area contributed by atoms with Gasteiger partial charge >= 0.3 is 5.97 Å². The third-order valence-electron chi connectivity index (χ3n) is 1.73. The van der Waals surface area contributed by atoms with Crippen LogP contribution in [0, 0.1) is 0 Å². The van der Waals surface area contributed by atoms with Crippen molar-refractivity contribution in [3.8, 4) is 5.75 Å². The van der Waals surface area contributed by atoms with Crippen LogP contribution in [0.1, 0.15) is 17.3 Å². The van der Waals surface area contributed by atoms with Gasteiger partial charge in [0.1, 0.15) is 11.9 Å². The van der Waals surface area contributed by atoms with E-state index >= 15 is 0 Å². The molecule has 0 saturated carbocycles. The molecule has 1 unspecified atom stereocenters. The van der Waals surface area contributed by atoms with Gasteiger partial charge in [-0.2, -0.15) is 0 Å². The average molecular weight is 192 g/mol. The van der Waals surface area contributed by atoms with Crippen molar-refractivity contribution in [1.29, 1.82) is 0 Å². The first-order chi connectivity index (χ1) is 6.63. The highest BCUT2D eigenvalue weighted by Crippen LogP contribution is 2.11. The fourth-order valence-corrected chi connectivity index (χ4v) is 0.883. The molecular weight excluding hydrogens is 180 g/mol. The summed E-state index contributed by atoms with van der Waals surface area (Å²) in [5.74, 6) is -0.296. The van der Waals surface area contributed by atoms with Gasteiger partial charge in [0.2, 0.25) is 0 Å². The molecule has 0 aliphatic rings. The second kappa shape index (κ2) is 4.46. The van der Waals surface area contributed by atoms with Crippen LogP contribution in [0.15, 0.2) is 36.9 Å². The van der Waals surface area contributed by atoms with Crippen molar-refractivity contribution in [2.75, 3.05) is 0 Å². The molecule has 1 N–H and O–H groups in total. The number of benzene rings is 1. The summed E-state index contributed by atoms with van der Waals surface area (Å²) in [5, 5.41) is 9.00. The zero-order valence-electron chi connectivity index (χ0n) is 7.93. The third kappa shape index (κ3) is 2.62. The van der Waals surface area contributed by atoms with Gasteiger partial charge in [0.05, 0.1) is 5.56 Å². The van der Waals surface area contributed by atoms with Gasteiger partial charge in [-0.05, 0) is 31.2 Å². The molecule has 0 spiro atoms. The van der Waals surface area contributed by atoms with E-state index in [2.05, 4.69) is 6.58 Å². The third-order valence-corrected chi connectivity index (χ3v) is 1.73. The molecule has 3 heteroatoms. The molecule has 0 bridgehead atoms. The van der Waals surface area contributed by atoms with Crippen molar-refractivity contribution < 1.29 is 14.6 Å². The first-order valence-corrected chi connectivity index (χ1v) is 4.26. The summed E-state index contributed by atoms with van der Waals surface area (Å²) in [4.78, 5) is 11.4. The van der Waals surface area contributed by atoms with Gasteiger partial charge in [0.15, 0.2) is 0 Å². The van der Waals surface area contributed by atoms with E-state index in [1.807, 2.05) is 0 Å². The number of phenols is 1. The Bertz CT molecular complexity index is 327. The molecule has 0 aromatic heterocycles. The molecule has 1 aromatic rings. The quantitative estimate of drug-likeness (QED) is 0.589. The lowest BCUT2D eigenvalue weighted by molar-refractivity contribution is 0.0425. The molecule has 0 heterocycles. The molecular formula is C11H12O3. The van der Waals surface area contributed by atoms with E-state index in [1.54, 1.807) is 6.92 Å². The second-order valence-corrected chi connectivity index (χ2v) is 2.89. The summed E-state index contributed by atoms with van der Waals surface area (Å²) in [6, 6.07) is 5.89. The zero-order valence-corrected chi connectivity index (χ0v) is 7.93. The topological polar surface area (TPSA) is 46.5 Å². The number of aromatic hydroxyl groups is 1. The van der Waals surface area contributed by atoms with Crippen molar-refractivity contribution >= 4 is 5.97 Å². The number of hydrogen-bond donors (Lipinski definition) is 1. The van der Waals surface area contributed by atoms with Crippen molar-refractivity contribution in [2.45, 2.75) is 13.0 Å². The molecule has 0 amide bonds. The minimum Gasteiger partial charge on any atom is -0.508 e. The molecule has 3 nitrogen and oxygen atoms in total. The number of ether oxygens (including phenoxy) is 1. The van der Waals surface area contributed by atoms with Gasteiger partial charge in [0, 0.05) is 0 Å². The van der Waals surface area contributed by atoms with Gasteiger partial charge in [-0.1, -0.05) is 12.7 Å². The van der Waals surface area contributed by atoms with Crippen LogP contribution < -0.4 is 0 Å². The van der Waals surface area contributed by atoms with Crippen molar-refractivity contribution in [3.63, 3.8) is 0 Å². The normalized spacial score (nSPS) is 11.8. The van der Waals surface area contributed by atoms with Crippen LogP contribution in [0.5, 0.6) is 5.75 Å². The van der Waals surface area contributed by atoms with E-state index < -0.39 is 5.97 Å². The van der Waals surface area contributed by atoms with Crippen molar-refractivity contribution in [2.24, 2.45) is 0 Å². The predicted molar refractivity (Wildman–Crippen MR) is 53.2 cm³/mol. The number of hydrogen-bond acceptors (Lipinski definition) is 3. The van der Waals surface area contributed by atoms with Crippen LogP contribution >= 0.6 is 0 Å². The minimum atomic E-state index is -0.419. The van der Waals surface area contributed by atoms with Crippen LogP contribution in [0.3, 0.4) is 0 Å². The number of phenolic OH excluding ortho intramolecular Hbond substituents is 1. The summed E-state index contributed by atoms with van der Waals surface area (Å²) < 4.78 is 4.99. The fourth-order valence-electron chi connectivity index (χ4n) is 0.883. The first-order valence-electron chi connectivity index (χ1n) is 4.26. The van der Waals surface area contributed by atoms with E-state index in [0.717, 1.165) is 0 Å². The summed E-state index contributed by atoms with van der Waals surface area (Å²) in [7, 11) is 0. The maximum Gasteiger partial charge on any atom is 0.338 e. The molecule has 0 aliphatic heterocycles. The Hall–Kier alpha value is -1.77. The van der Waals surface area contributed by atoms with Crippen LogP contribution in [-0.4, -0.2) is 17.2 Å². The van der Waals surface area contributed by atoms with E-state index in [0.29, 0.717) is 5.56 Å². The smallest absolute Gasteiger partial charge is 0.338 e. The number of carbonyl (C=O) groups is 1. The second-order valence-electron chi connectivity index (χ2n) is 2.89. The number of rotatable bonds is 3. The van der Waals surface area contributed by atoms with E-state index in [-0.39, 0.29) is 11.9 Å². The molecule has 0 radical (unpaired) electrons. The number of carbonyl (C=O) groups excluding carboxylic acids is 1. The summed E-state index contributed by atoms with van der Waals surface area (Å²) in [5.41, 5.74) is 0.413. The lowest BCUT2D eigenvalue weighted by Crippen LogP contribution is -2.12. The Kier molecular flexibility index (Phi) is 3.29. The van der Waals surface area contributed by atoms with Gasteiger partial charge < -0.3 is 9.84 Å². The van der Waals surface area contributed by atoms with Gasteiger partial charge in [-0.25, -0.2) is 4.79 Å². The van der Waals surface area contributed by atoms with Gasteiger partial charge in [-0.15, -0.1) is 0 Å². The highest BCUT2D eigenvalue weighted by Gasteiger charge is 2.08. The van der Waals surface area contributed by atoms with Gasteiger partial charge in [-0.3, -0.25) is 0 Å². The molecule has 1 rings (SSSR count). The Morgan fingerprint density at radius 2 is 2.07 bits per heavy atom. The Morgan fingerprint density at radius 1 is 1.50 bits per heavy atom. The van der Waals surface area contributed by atoms with E-state index in [1.165, 1.54) is 30.3 Å². The van der Waals surface area contributed by atoms with Crippen LogP contribution in [0.2, 0.25) is 0 Å². The van der Waals surface area contributed by atoms with Crippen molar-refractivity contribution in [3.05, 3.63) is 42.5 Å². The van der Waals surface area contributed by atoms with Crippen LogP contribution in [0.4, 0.5) is 0 Å². The zero-order chi connectivity index (χ0) is 10.6. The van der Waals surface area contributed by atoms with Gasteiger partial charge in [0.25, 0.3) is 0 Å². The van der Waals surface area contributed by atoms with E-state index in [9.17, 15) is 4.79 Å². The highest BCUT2D eigenvalue weighted by molar-refractivity contribution is 5.89. The molecule has 1 atom stereocenters. The molecule has 14 heavy (non-hydrogen) atoms. The lowest BCUT2D eigenvalue weighted by atomic mass is 10.2. The first kappa shape index (κ1) is 10.3. The minimum absolute atomic E-state index is 0.123. The molecule has 0 fully saturated rings. The predicted octanol–water partition coefficient (Wildman–Crippen LogP) is 2.12.